The molecule has 2 aliphatic carbocycles. The maximum Gasteiger partial charge on any atom is 0.319 e. The Morgan fingerprint density at radius 3 is 2.20 bits per heavy atom. The summed E-state index contributed by atoms with van der Waals surface area (Å²) in [6.07, 6.45) is 5.19. The van der Waals surface area contributed by atoms with Crippen molar-refractivity contribution in [3.63, 3.8) is 0 Å². The van der Waals surface area contributed by atoms with Gasteiger partial charge in [-0.25, -0.2) is 0 Å². The van der Waals surface area contributed by atoms with Crippen LogP contribution in [0.15, 0.2) is 0 Å². The highest BCUT2D eigenvalue weighted by molar-refractivity contribution is 6.64. The number of carbonyl (C=O) groups is 2. The molecule has 4 nitrogen and oxygen atoms in total. The van der Waals surface area contributed by atoms with Crippen LogP contribution in [0, 0.1) is 17.8 Å². The normalized spacial score (nSPS) is 22.5. The zero-order chi connectivity index (χ0) is 10.8. The molecule has 0 aromatic rings. The molecular formula is C10H15BNO3. The highest BCUT2D eigenvalue weighted by Gasteiger charge is 2.47. The van der Waals surface area contributed by atoms with Gasteiger partial charge in [-0.05, 0) is 43.4 Å². The molecule has 2 aliphatic rings. The van der Waals surface area contributed by atoms with Crippen LogP contribution in [0.25, 0.3) is 0 Å². The van der Waals surface area contributed by atoms with Gasteiger partial charge in [-0.15, -0.1) is 0 Å². The van der Waals surface area contributed by atoms with Crippen LogP contribution in [0.2, 0.25) is 0 Å². The molecule has 0 aromatic heterocycles. The molecule has 0 aliphatic heterocycles. The lowest BCUT2D eigenvalue weighted by molar-refractivity contribution is -0.140. The molecular weight excluding hydrogens is 193 g/mol. The van der Waals surface area contributed by atoms with E-state index in [1.54, 1.807) is 0 Å². The number of hydrogen-bond acceptors (Lipinski definition) is 3. The first-order valence-electron chi connectivity index (χ1n) is 5.50. The number of aliphatic carboxylic acids is 1. The summed E-state index contributed by atoms with van der Waals surface area (Å²) in [5, 5.41) is 11.8. The number of carboxylic acid groups (broad SMARTS) is 1. The van der Waals surface area contributed by atoms with Gasteiger partial charge in [0, 0.05) is 0 Å². The Kier molecular flexibility index (Phi) is 3.10. The summed E-state index contributed by atoms with van der Waals surface area (Å²) in [5.41, 5.74) is 0. The summed E-state index contributed by atoms with van der Waals surface area (Å²) < 4.78 is 0. The second-order valence-electron chi connectivity index (χ2n) is 4.54. The smallest absolute Gasteiger partial charge is 0.319 e. The quantitative estimate of drug-likeness (QED) is 0.465. The summed E-state index contributed by atoms with van der Waals surface area (Å²) in [5.74, 6) is 0.507. The first-order valence-corrected chi connectivity index (χ1v) is 5.50. The van der Waals surface area contributed by atoms with Gasteiger partial charge >= 0.3 is 5.97 Å². The molecule has 2 fully saturated rings. The molecule has 0 spiro atoms. The summed E-state index contributed by atoms with van der Waals surface area (Å²) in [7, 11) is 1.20. The highest BCUT2D eigenvalue weighted by atomic mass is 16.4. The molecule has 1 atom stereocenters. The summed E-state index contributed by atoms with van der Waals surface area (Å²) >= 11 is 0. The number of carboxylic acids is 1. The fraction of sp³-hybridized carbons (Fsp3) is 0.800. The van der Waals surface area contributed by atoms with Crippen molar-refractivity contribution in [2.75, 3.05) is 0 Å². The molecule has 2 N–H and O–H groups in total. The Hall–Kier alpha value is -0.835. The van der Waals surface area contributed by atoms with Crippen molar-refractivity contribution >= 4 is 19.6 Å². The van der Waals surface area contributed by atoms with E-state index in [0.717, 1.165) is 25.7 Å². The van der Waals surface area contributed by atoms with Crippen LogP contribution in [-0.2, 0) is 9.59 Å². The lowest BCUT2D eigenvalue weighted by atomic mass is 9.85. The molecule has 2 saturated carbocycles. The number of hydrogen-bond donors (Lipinski definition) is 2. The molecule has 2 rings (SSSR count). The largest absolute Gasteiger partial charge is 0.480 e. The molecule has 0 heterocycles. The zero-order valence-corrected chi connectivity index (χ0v) is 8.56. The predicted octanol–water partition coefficient (Wildman–Crippen LogP) is 0.275. The Morgan fingerprint density at radius 2 is 1.87 bits per heavy atom. The van der Waals surface area contributed by atoms with E-state index in [-0.39, 0.29) is 5.92 Å². The van der Waals surface area contributed by atoms with E-state index in [4.69, 9.17) is 5.11 Å². The van der Waals surface area contributed by atoms with Gasteiger partial charge in [0.2, 0.25) is 0 Å². The van der Waals surface area contributed by atoms with Crippen LogP contribution in [0.4, 0.5) is 0 Å². The second-order valence-corrected chi connectivity index (χ2v) is 4.54. The first-order chi connectivity index (χ1) is 7.24. The van der Waals surface area contributed by atoms with Crippen LogP contribution in [0.1, 0.15) is 25.7 Å². The Morgan fingerprint density at radius 1 is 1.33 bits per heavy atom. The zero-order valence-electron chi connectivity index (χ0n) is 8.56. The Labute approximate surface area is 89.7 Å². The molecule has 0 saturated heterocycles. The summed E-state index contributed by atoms with van der Waals surface area (Å²) in [6.45, 7) is 0. The van der Waals surface area contributed by atoms with E-state index in [1.807, 2.05) is 0 Å². The lowest BCUT2D eigenvalue weighted by Crippen LogP contribution is -2.46. The van der Waals surface area contributed by atoms with E-state index in [2.05, 4.69) is 5.23 Å². The first kappa shape index (κ1) is 10.7. The minimum absolute atomic E-state index is 0.221. The minimum atomic E-state index is -0.836. The molecule has 5 heteroatoms. The topological polar surface area (TPSA) is 66.4 Å². The predicted molar refractivity (Wildman–Crippen MR) is 56.0 cm³/mol. The van der Waals surface area contributed by atoms with Gasteiger partial charge in [-0.3, -0.25) is 4.79 Å². The standard InChI is InChI=1S/C10H15BNO3/c13-5-11-12-9(10(14)15)8(6-1-2-6)7-3-4-7/h5-9,12H,1-4H2,(H,14,15). The maximum atomic E-state index is 11.1. The van der Waals surface area contributed by atoms with E-state index in [1.165, 1.54) is 7.41 Å². The third-order valence-electron chi connectivity index (χ3n) is 3.33. The summed E-state index contributed by atoms with van der Waals surface area (Å²) in [6, 6.07) is -0.574. The SMILES string of the molecule is O=C[B]NC(C(=O)O)C(C1CC1)C1CC1. The highest BCUT2D eigenvalue weighted by Crippen LogP contribution is 2.50. The van der Waals surface area contributed by atoms with Crippen molar-refractivity contribution in [1.82, 2.24) is 5.23 Å². The lowest BCUT2D eigenvalue weighted by Gasteiger charge is -2.24. The van der Waals surface area contributed by atoms with Crippen LogP contribution in [0.5, 0.6) is 0 Å². The van der Waals surface area contributed by atoms with E-state index < -0.39 is 12.0 Å². The molecule has 0 aromatic carbocycles. The van der Waals surface area contributed by atoms with Gasteiger partial charge in [-0.1, -0.05) is 0 Å². The van der Waals surface area contributed by atoms with Crippen molar-refractivity contribution < 1.29 is 14.7 Å². The van der Waals surface area contributed by atoms with E-state index in [0.29, 0.717) is 18.0 Å². The maximum absolute atomic E-state index is 11.1. The van der Waals surface area contributed by atoms with Gasteiger partial charge in [0.15, 0.2) is 0 Å². The molecule has 15 heavy (non-hydrogen) atoms. The average molecular weight is 208 g/mol. The minimum Gasteiger partial charge on any atom is -0.480 e. The van der Waals surface area contributed by atoms with Gasteiger partial charge in [0.25, 0.3) is 7.41 Å². The van der Waals surface area contributed by atoms with Crippen LogP contribution < -0.4 is 5.23 Å². The van der Waals surface area contributed by atoms with E-state index >= 15 is 0 Å². The fourth-order valence-corrected chi connectivity index (χ4v) is 2.38. The number of carbonyl (C=O) groups excluding carboxylic acids is 1. The van der Waals surface area contributed by atoms with Crippen molar-refractivity contribution in [2.45, 2.75) is 31.7 Å². The molecule has 1 unspecified atom stereocenters. The third kappa shape index (κ3) is 2.59. The summed E-state index contributed by atoms with van der Waals surface area (Å²) in [4.78, 5) is 21.3. The van der Waals surface area contributed by atoms with Crippen LogP contribution >= 0.6 is 0 Å². The molecule has 0 amide bonds. The number of rotatable bonds is 7. The fourth-order valence-electron chi connectivity index (χ4n) is 2.38. The van der Waals surface area contributed by atoms with Gasteiger partial charge < -0.3 is 15.1 Å². The Balaban J connectivity index is 1.98. The van der Waals surface area contributed by atoms with Crippen LogP contribution in [-0.4, -0.2) is 30.7 Å². The monoisotopic (exact) mass is 208 g/mol. The third-order valence-corrected chi connectivity index (χ3v) is 3.33. The average Bonchev–Trinajstić information content (AvgIpc) is 3.02. The van der Waals surface area contributed by atoms with Gasteiger partial charge in [0.05, 0.1) is 12.2 Å². The van der Waals surface area contributed by atoms with Crippen LogP contribution in [0.3, 0.4) is 0 Å². The second kappa shape index (κ2) is 4.35. The van der Waals surface area contributed by atoms with Gasteiger partial charge in [0.1, 0.15) is 0 Å². The molecule has 81 valence electrons. The van der Waals surface area contributed by atoms with E-state index in [9.17, 15) is 9.59 Å². The van der Waals surface area contributed by atoms with Crippen molar-refractivity contribution in [2.24, 2.45) is 17.8 Å². The Bertz CT molecular complexity index is 251. The molecule has 1 radical (unpaired) electrons. The van der Waals surface area contributed by atoms with Gasteiger partial charge in [-0.2, -0.15) is 0 Å². The van der Waals surface area contributed by atoms with Crippen molar-refractivity contribution in [1.29, 1.82) is 0 Å². The van der Waals surface area contributed by atoms with Crippen molar-refractivity contribution in [3.8, 4) is 0 Å². The van der Waals surface area contributed by atoms with Crippen molar-refractivity contribution in [3.05, 3.63) is 0 Å². The number of nitrogens with one attached hydrogen (secondary N) is 1. The molecule has 0 bridgehead atoms.